The van der Waals surface area contributed by atoms with Gasteiger partial charge in [-0.05, 0) is 41.8 Å². The standard InChI is InChI=1S/C15H15ClN2O2S/c1-2-12-3-5-13(6-4-12)11-17-18-21(19,20)15-9-7-14(16)8-10-15/h3-11,18H,2H2,1H3. The van der Waals surface area contributed by atoms with Gasteiger partial charge in [-0.25, -0.2) is 4.83 Å². The van der Waals surface area contributed by atoms with E-state index < -0.39 is 10.0 Å². The molecule has 0 aromatic heterocycles. The molecule has 0 atom stereocenters. The van der Waals surface area contributed by atoms with E-state index >= 15 is 0 Å². The van der Waals surface area contributed by atoms with Crippen molar-refractivity contribution in [1.82, 2.24) is 4.83 Å². The first-order valence-electron chi connectivity index (χ1n) is 6.40. The summed E-state index contributed by atoms with van der Waals surface area (Å²) in [6, 6.07) is 13.6. The van der Waals surface area contributed by atoms with Crippen molar-refractivity contribution in [3.05, 3.63) is 64.7 Å². The van der Waals surface area contributed by atoms with E-state index in [1.165, 1.54) is 36.0 Å². The number of benzene rings is 2. The van der Waals surface area contributed by atoms with Gasteiger partial charge in [-0.15, -0.1) is 0 Å². The molecule has 0 saturated carbocycles. The Balaban J connectivity index is 2.06. The molecule has 6 heteroatoms. The van der Waals surface area contributed by atoms with Crippen LogP contribution in [-0.2, 0) is 16.4 Å². The van der Waals surface area contributed by atoms with Crippen LogP contribution in [-0.4, -0.2) is 14.6 Å². The van der Waals surface area contributed by atoms with Crippen molar-refractivity contribution >= 4 is 27.8 Å². The number of hydrazone groups is 1. The molecule has 0 aliphatic carbocycles. The molecule has 2 aromatic carbocycles. The lowest BCUT2D eigenvalue weighted by atomic mass is 10.1. The van der Waals surface area contributed by atoms with E-state index in [4.69, 9.17) is 11.6 Å². The van der Waals surface area contributed by atoms with Crippen LogP contribution in [0.2, 0.25) is 5.02 Å². The van der Waals surface area contributed by atoms with Crippen LogP contribution in [0.25, 0.3) is 0 Å². The van der Waals surface area contributed by atoms with Crippen LogP contribution >= 0.6 is 11.6 Å². The predicted molar refractivity (Wildman–Crippen MR) is 85.2 cm³/mol. The highest BCUT2D eigenvalue weighted by Crippen LogP contribution is 2.13. The highest BCUT2D eigenvalue weighted by atomic mass is 35.5. The summed E-state index contributed by atoms with van der Waals surface area (Å²) in [7, 11) is -3.67. The number of aryl methyl sites for hydroxylation is 1. The molecule has 0 spiro atoms. The van der Waals surface area contributed by atoms with Gasteiger partial charge in [0.05, 0.1) is 11.1 Å². The third-order valence-corrected chi connectivity index (χ3v) is 4.39. The van der Waals surface area contributed by atoms with Crippen molar-refractivity contribution in [3.63, 3.8) is 0 Å². The van der Waals surface area contributed by atoms with Gasteiger partial charge in [0, 0.05) is 5.02 Å². The fourth-order valence-corrected chi connectivity index (χ4v) is 2.59. The van der Waals surface area contributed by atoms with E-state index in [1.807, 2.05) is 24.3 Å². The summed E-state index contributed by atoms with van der Waals surface area (Å²) in [5, 5.41) is 4.25. The molecule has 0 aliphatic heterocycles. The van der Waals surface area contributed by atoms with E-state index in [0.29, 0.717) is 5.02 Å². The van der Waals surface area contributed by atoms with Gasteiger partial charge >= 0.3 is 0 Å². The van der Waals surface area contributed by atoms with Crippen LogP contribution < -0.4 is 4.83 Å². The third-order valence-electron chi connectivity index (χ3n) is 2.90. The van der Waals surface area contributed by atoms with E-state index in [-0.39, 0.29) is 4.90 Å². The fourth-order valence-electron chi connectivity index (χ4n) is 1.68. The van der Waals surface area contributed by atoms with E-state index in [2.05, 4.69) is 16.9 Å². The van der Waals surface area contributed by atoms with Crippen molar-refractivity contribution < 1.29 is 8.42 Å². The second-order valence-corrected chi connectivity index (χ2v) is 6.50. The van der Waals surface area contributed by atoms with Crippen LogP contribution in [0, 0.1) is 0 Å². The van der Waals surface area contributed by atoms with Crippen LogP contribution in [0.15, 0.2) is 58.5 Å². The fraction of sp³-hybridized carbons (Fsp3) is 0.133. The number of nitrogens with one attached hydrogen (secondary N) is 1. The lowest BCUT2D eigenvalue weighted by molar-refractivity contribution is 0.584. The average molecular weight is 323 g/mol. The van der Waals surface area contributed by atoms with Gasteiger partial charge in [0.2, 0.25) is 0 Å². The minimum absolute atomic E-state index is 0.116. The Labute approximate surface area is 129 Å². The maximum atomic E-state index is 12.0. The van der Waals surface area contributed by atoms with E-state index in [9.17, 15) is 8.42 Å². The normalized spacial score (nSPS) is 11.7. The molecular formula is C15H15ClN2O2S. The van der Waals surface area contributed by atoms with Gasteiger partial charge < -0.3 is 0 Å². The lowest BCUT2D eigenvalue weighted by Crippen LogP contribution is -2.18. The molecule has 0 unspecified atom stereocenters. The zero-order chi connectivity index (χ0) is 15.3. The Morgan fingerprint density at radius 3 is 2.29 bits per heavy atom. The number of nitrogens with zero attached hydrogens (tertiary/aromatic N) is 1. The number of hydrogen-bond acceptors (Lipinski definition) is 3. The third kappa shape index (κ3) is 4.31. The van der Waals surface area contributed by atoms with Crippen molar-refractivity contribution in [3.8, 4) is 0 Å². The number of halogens is 1. The first-order chi connectivity index (χ1) is 10.0. The molecule has 4 nitrogen and oxygen atoms in total. The molecule has 0 fully saturated rings. The van der Waals surface area contributed by atoms with Crippen LogP contribution in [0.3, 0.4) is 0 Å². The van der Waals surface area contributed by atoms with Gasteiger partial charge in [0.1, 0.15) is 0 Å². The van der Waals surface area contributed by atoms with Crippen molar-refractivity contribution in [2.24, 2.45) is 5.10 Å². The zero-order valence-electron chi connectivity index (χ0n) is 11.5. The summed E-state index contributed by atoms with van der Waals surface area (Å²) in [6.07, 6.45) is 2.42. The Bertz CT molecular complexity index is 723. The summed E-state index contributed by atoms with van der Waals surface area (Å²) in [5.41, 5.74) is 2.04. The highest BCUT2D eigenvalue weighted by molar-refractivity contribution is 7.89. The summed E-state index contributed by atoms with van der Waals surface area (Å²) >= 11 is 5.73. The van der Waals surface area contributed by atoms with Gasteiger partial charge in [-0.1, -0.05) is 42.8 Å². The maximum Gasteiger partial charge on any atom is 0.276 e. The SMILES string of the molecule is CCc1ccc(C=NNS(=O)(=O)c2ccc(Cl)cc2)cc1. The number of hydrogen-bond donors (Lipinski definition) is 1. The van der Waals surface area contributed by atoms with Crippen molar-refractivity contribution in [2.75, 3.05) is 0 Å². The van der Waals surface area contributed by atoms with Crippen LogP contribution in [0.1, 0.15) is 18.1 Å². The van der Waals surface area contributed by atoms with Gasteiger partial charge in [-0.2, -0.15) is 13.5 Å². The molecule has 2 aromatic rings. The molecule has 0 saturated heterocycles. The molecular weight excluding hydrogens is 308 g/mol. The summed E-state index contributed by atoms with van der Waals surface area (Å²) in [4.78, 5) is 2.29. The Morgan fingerprint density at radius 2 is 1.71 bits per heavy atom. The Morgan fingerprint density at radius 1 is 1.10 bits per heavy atom. The Kier molecular flexibility index (Phi) is 4.98. The van der Waals surface area contributed by atoms with Gasteiger partial charge in [-0.3, -0.25) is 0 Å². The smallest absolute Gasteiger partial charge is 0.200 e. The quantitative estimate of drug-likeness (QED) is 0.678. The van der Waals surface area contributed by atoms with Gasteiger partial charge in [0.15, 0.2) is 0 Å². The molecule has 0 radical (unpaired) electrons. The topological polar surface area (TPSA) is 58.5 Å². The predicted octanol–water partition coefficient (Wildman–Crippen LogP) is 3.21. The van der Waals surface area contributed by atoms with Crippen LogP contribution in [0.5, 0.6) is 0 Å². The second kappa shape index (κ2) is 6.74. The number of rotatable bonds is 5. The largest absolute Gasteiger partial charge is 0.276 e. The lowest BCUT2D eigenvalue weighted by Gasteiger charge is -2.03. The zero-order valence-corrected chi connectivity index (χ0v) is 13.0. The first-order valence-corrected chi connectivity index (χ1v) is 8.27. The minimum atomic E-state index is -3.67. The maximum absolute atomic E-state index is 12.0. The van der Waals surface area contributed by atoms with Crippen LogP contribution in [0.4, 0.5) is 0 Å². The molecule has 1 N–H and O–H groups in total. The van der Waals surface area contributed by atoms with Crippen molar-refractivity contribution in [2.45, 2.75) is 18.2 Å². The van der Waals surface area contributed by atoms with E-state index in [1.54, 1.807) is 0 Å². The van der Waals surface area contributed by atoms with Crippen molar-refractivity contribution in [1.29, 1.82) is 0 Å². The molecule has 110 valence electrons. The molecule has 0 heterocycles. The molecule has 21 heavy (non-hydrogen) atoms. The summed E-state index contributed by atoms with van der Waals surface area (Å²) in [5.74, 6) is 0. The molecule has 0 amide bonds. The molecule has 0 bridgehead atoms. The first kappa shape index (κ1) is 15.5. The molecule has 0 aliphatic rings. The summed E-state index contributed by atoms with van der Waals surface area (Å²) < 4.78 is 23.9. The average Bonchev–Trinajstić information content (AvgIpc) is 2.48. The Hall–Kier alpha value is -1.85. The van der Waals surface area contributed by atoms with Gasteiger partial charge in [0.25, 0.3) is 10.0 Å². The highest BCUT2D eigenvalue weighted by Gasteiger charge is 2.11. The minimum Gasteiger partial charge on any atom is -0.200 e. The van der Waals surface area contributed by atoms with E-state index in [0.717, 1.165) is 12.0 Å². The molecule has 2 rings (SSSR count). The summed E-state index contributed by atoms with van der Waals surface area (Å²) in [6.45, 7) is 2.07. The monoisotopic (exact) mass is 322 g/mol. The second-order valence-electron chi connectivity index (χ2n) is 4.40. The number of sulfonamides is 1.